The number of hydrogen-bond donors (Lipinski definition) is 0. The topological polar surface area (TPSA) is 98.8 Å². The molecular weight excluding hydrogens is 589 g/mol. The quantitative estimate of drug-likeness (QED) is 0.0877. The number of ether oxygens (including phenoxy) is 2. The van der Waals surface area contributed by atoms with E-state index in [0.717, 1.165) is 0 Å². The zero-order valence-electron chi connectivity index (χ0n) is 26.4. The molecule has 0 bridgehead atoms. The van der Waals surface area contributed by atoms with Gasteiger partial charge in [0.2, 0.25) is 0 Å². The Morgan fingerprint density at radius 2 is 0.947 bits per heavy atom. The summed E-state index contributed by atoms with van der Waals surface area (Å²) in [7, 11) is -16.7. The van der Waals surface area contributed by atoms with Gasteiger partial charge in [-0.2, -0.15) is 0 Å². The molecule has 0 spiro atoms. The van der Waals surface area contributed by atoms with Gasteiger partial charge >= 0.3 is 35.7 Å². The first kappa shape index (κ1) is 37.5. The van der Waals surface area contributed by atoms with Crippen molar-refractivity contribution < 1.29 is 39.6 Å². The molecule has 9 nitrogen and oxygen atoms in total. The minimum absolute atomic E-state index is 0.00718. The van der Waals surface area contributed by atoms with Crippen molar-refractivity contribution in [1.82, 2.24) is 0 Å². The predicted octanol–water partition coefficient (Wildman–Crippen LogP) is 5.95. The molecule has 0 fully saturated rings. The molecule has 0 heterocycles. The van der Waals surface area contributed by atoms with Crippen LogP contribution in [0.25, 0.3) is 0 Å². The number of carbonyl (C=O) groups excluding carboxylic acids is 2. The molecule has 0 saturated carbocycles. The third kappa shape index (κ3) is 13.3. The second-order valence-corrected chi connectivity index (χ2v) is 37.1. The van der Waals surface area contributed by atoms with Gasteiger partial charge in [-0.3, -0.25) is 0 Å². The van der Waals surface area contributed by atoms with Crippen LogP contribution in [0.5, 0.6) is 0 Å². The SMILES string of the molecule is C=C(C)C(=O)OC(CC)(OC(=O)C(=C)C)[Si](O[SiH](O[Si](C)(C)C)O[Si](C)(C)C)(O[Si](C)(C)C)O[Si](C)(C)C. The fourth-order valence-electron chi connectivity index (χ4n) is 2.88. The molecule has 0 aromatic heterocycles. The largest absolute Gasteiger partial charge is 0.562 e. The highest BCUT2D eigenvalue weighted by Crippen LogP contribution is 2.39. The smallest absolute Gasteiger partial charge is 0.419 e. The fraction of sp³-hybridized carbons (Fsp3) is 0.739. The summed E-state index contributed by atoms with van der Waals surface area (Å²) < 4.78 is 45.6. The summed E-state index contributed by atoms with van der Waals surface area (Å²) in [5.41, 5.74) is -1.76. The zero-order chi connectivity index (χ0) is 30.5. The first-order chi connectivity index (χ1) is 16.7. The van der Waals surface area contributed by atoms with Gasteiger partial charge in [0.25, 0.3) is 0 Å². The van der Waals surface area contributed by atoms with Gasteiger partial charge in [0.15, 0.2) is 33.3 Å². The van der Waals surface area contributed by atoms with Crippen molar-refractivity contribution in [3.05, 3.63) is 24.3 Å². The van der Waals surface area contributed by atoms with Gasteiger partial charge in [-0.25, -0.2) is 9.59 Å². The van der Waals surface area contributed by atoms with Crippen LogP contribution in [0.3, 0.4) is 0 Å². The maximum Gasteiger partial charge on any atom is 0.562 e. The van der Waals surface area contributed by atoms with E-state index in [-0.39, 0.29) is 17.6 Å². The van der Waals surface area contributed by atoms with Crippen LogP contribution in [0.15, 0.2) is 24.3 Å². The summed E-state index contributed by atoms with van der Waals surface area (Å²) in [6.45, 7) is 36.3. The van der Waals surface area contributed by atoms with E-state index >= 15 is 0 Å². The van der Waals surface area contributed by atoms with Gasteiger partial charge in [-0.05, 0) is 92.4 Å². The maximum absolute atomic E-state index is 13.1. The van der Waals surface area contributed by atoms with Gasteiger partial charge in [0.1, 0.15) is 0 Å². The summed E-state index contributed by atoms with van der Waals surface area (Å²) in [6, 6.07) is 0. The molecular formula is C23H52O9Si6. The van der Waals surface area contributed by atoms with Crippen molar-refractivity contribution in [3.63, 3.8) is 0 Å². The molecule has 0 saturated heterocycles. The molecule has 222 valence electrons. The van der Waals surface area contributed by atoms with Crippen LogP contribution >= 0.6 is 0 Å². The molecule has 0 aromatic carbocycles. The number of rotatable bonds is 16. The Hall–Kier alpha value is -0.479. The van der Waals surface area contributed by atoms with Crippen LogP contribution in [0, 0.1) is 0 Å². The van der Waals surface area contributed by atoms with Crippen LogP contribution in [-0.4, -0.2) is 69.0 Å². The normalized spacial score (nSPS) is 13.9. The summed E-state index contributed by atoms with van der Waals surface area (Å²) in [5.74, 6) is -1.51. The standard InChI is InChI=1S/C23H52O9Si6/c1-18-23(26-21(24)19(2)3,27-22(25)20(4)5)38(31-36(12,13)14,32-37(15,16)17)30-33(28-34(6,7)8)29-35(9,10)11/h33H,2,4,18H2,1,3,5-17H3. The minimum atomic E-state index is -4.31. The molecule has 0 aliphatic rings. The van der Waals surface area contributed by atoms with Crippen molar-refractivity contribution in [1.29, 1.82) is 0 Å². The highest BCUT2D eigenvalue weighted by molar-refractivity contribution is 6.90. The molecule has 0 atom stereocenters. The van der Waals surface area contributed by atoms with E-state index in [9.17, 15) is 9.59 Å². The molecule has 0 aliphatic heterocycles. The second kappa shape index (κ2) is 13.5. The predicted molar refractivity (Wildman–Crippen MR) is 167 cm³/mol. The van der Waals surface area contributed by atoms with E-state index in [0.29, 0.717) is 0 Å². The minimum Gasteiger partial charge on any atom is -0.419 e. The average molecular weight is 641 g/mol. The molecule has 0 aromatic rings. The van der Waals surface area contributed by atoms with Crippen LogP contribution < -0.4 is 0 Å². The Morgan fingerprint density at radius 3 is 1.16 bits per heavy atom. The lowest BCUT2D eigenvalue weighted by Crippen LogP contribution is -2.75. The van der Waals surface area contributed by atoms with E-state index < -0.39 is 69.0 Å². The third-order valence-corrected chi connectivity index (χ3v) is 21.9. The highest BCUT2D eigenvalue weighted by Gasteiger charge is 2.71. The van der Waals surface area contributed by atoms with Crippen LogP contribution in [0.4, 0.5) is 0 Å². The summed E-state index contributed by atoms with van der Waals surface area (Å²) in [4.78, 5) is 26.2. The molecule has 38 heavy (non-hydrogen) atoms. The molecule has 0 amide bonds. The number of carbonyl (C=O) groups is 2. The summed E-state index contributed by atoms with van der Waals surface area (Å²) in [5, 5.41) is 0. The van der Waals surface area contributed by atoms with Gasteiger partial charge in [0, 0.05) is 17.6 Å². The van der Waals surface area contributed by atoms with Crippen LogP contribution in [0.1, 0.15) is 27.2 Å². The zero-order valence-corrected chi connectivity index (χ0v) is 32.5. The van der Waals surface area contributed by atoms with E-state index in [1.807, 2.05) is 78.6 Å². The number of hydrogen-bond acceptors (Lipinski definition) is 9. The molecule has 0 N–H and O–H groups in total. The lowest BCUT2D eigenvalue weighted by atomic mass is 10.3. The Kier molecular flexibility index (Phi) is 13.3. The Balaban J connectivity index is 7.63. The molecule has 0 unspecified atom stereocenters. The first-order valence-corrected chi connectivity index (χ1v) is 29.7. The fourth-order valence-corrected chi connectivity index (χ4v) is 21.5. The highest BCUT2D eigenvalue weighted by atomic mass is 28.5. The monoisotopic (exact) mass is 640 g/mol. The van der Waals surface area contributed by atoms with Crippen molar-refractivity contribution >= 4 is 63.5 Å². The van der Waals surface area contributed by atoms with Gasteiger partial charge in [-0.15, -0.1) is 0 Å². The van der Waals surface area contributed by atoms with Crippen molar-refractivity contribution in [2.45, 2.75) is 111 Å². The Labute approximate surface area is 238 Å². The molecule has 0 radical (unpaired) electrons. The van der Waals surface area contributed by atoms with Crippen LogP contribution in [-0.2, 0) is 39.6 Å². The Bertz CT molecular complexity index is 807. The average Bonchev–Trinajstić information content (AvgIpc) is 2.60. The maximum atomic E-state index is 13.1. The molecule has 0 rings (SSSR count). The lowest BCUT2D eigenvalue weighted by Gasteiger charge is -2.49. The van der Waals surface area contributed by atoms with Crippen LogP contribution in [0.2, 0.25) is 78.6 Å². The van der Waals surface area contributed by atoms with E-state index in [4.69, 9.17) is 30.0 Å². The van der Waals surface area contributed by atoms with E-state index in [1.165, 1.54) is 13.8 Å². The van der Waals surface area contributed by atoms with Crippen molar-refractivity contribution in [2.75, 3.05) is 0 Å². The van der Waals surface area contributed by atoms with Gasteiger partial charge in [0.05, 0.1) is 0 Å². The van der Waals surface area contributed by atoms with E-state index in [2.05, 4.69) is 13.2 Å². The second-order valence-electron chi connectivity index (χ2n) is 13.3. The first-order valence-electron chi connectivity index (χ1n) is 12.9. The van der Waals surface area contributed by atoms with Crippen molar-refractivity contribution in [3.8, 4) is 0 Å². The lowest BCUT2D eigenvalue weighted by molar-refractivity contribution is -0.211. The van der Waals surface area contributed by atoms with Gasteiger partial charge < -0.3 is 30.0 Å². The summed E-state index contributed by atoms with van der Waals surface area (Å²) in [6.07, 6.45) is 0.00718. The molecule has 15 heteroatoms. The van der Waals surface area contributed by atoms with Crippen molar-refractivity contribution in [2.24, 2.45) is 0 Å². The Morgan fingerprint density at radius 1 is 0.632 bits per heavy atom. The number of esters is 2. The molecule has 0 aliphatic carbocycles. The summed E-state index contributed by atoms with van der Waals surface area (Å²) >= 11 is 0. The third-order valence-electron chi connectivity index (χ3n) is 4.18. The van der Waals surface area contributed by atoms with E-state index in [1.54, 1.807) is 6.92 Å². The van der Waals surface area contributed by atoms with Gasteiger partial charge in [-0.1, -0.05) is 20.1 Å².